The van der Waals surface area contributed by atoms with Crippen molar-refractivity contribution in [1.29, 1.82) is 0 Å². The molecule has 2 aromatic rings. The first-order valence-corrected chi connectivity index (χ1v) is 6.27. The van der Waals surface area contributed by atoms with Gasteiger partial charge in [0, 0.05) is 0 Å². The Labute approximate surface area is 97.5 Å². The van der Waals surface area contributed by atoms with Gasteiger partial charge in [0.1, 0.15) is 0 Å². The monoisotopic (exact) mass is 235 g/mol. The fourth-order valence-electron chi connectivity index (χ4n) is 1.72. The second-order valence-electron chi connectivity index (χ2n) is 4.25. The minimum absolute atomic E-state index is 0.0576. The summed E-state index contributed by atoms with van der Waals surface area (Å²) in [4.78, 5) is 5.43. The highest BCUT2D eigenvalue weighted by atomic mass is 32.1. The Balaban J connectivity index is 1.90. The van der Waals surface area contributed by atoms with Crippen LogP contribution in [0.25, 0.3) is 10.8 Å². The van der Waals surface area contributed by atoms with Gasteiger partial charge in [-0.15, -0.1) is 11.3 Å². The predicted octanol–water partition coefficient (Wildman–Crippen LogP) is 2.52. The summed E-state index contributed by atoms with van der Waals surface area (Å²) in [6.45, 7) is 2.04. The molecule has 0 radical (unpaired) electrons. The van der Waals surface area contributed by atoms with E-state index in [0.717, 1.165) is 4.88 Å². The van der Waals surface area contributed by atoms with Gasteiger partial charge in [-0.2, -0.15) is 4.98 Å². The molecule has 1 fully saturated rings. The van der Waals surface area contributed by atoms with Crippen molar-refractivity contribution in [2.45, 2.75) is 25.8 Å². The highest BCUT2D eigenvalue weighted by Crippen LogP contribution is 2.39. The maximum Gasteiger partial charge on any atom is 0.268 e. The summed E-state index contributed by atoms with van der Waals surface area (Å²) in [6.07, 6.45) is 2.37. The van der Waals surface area contributed by atoms with Gasteiger partial charge in [-0.1, -0.05) is 5.16 Å². The standard InChI is InChI=1S/C11H13N3OS/c1-6-4-5-16-9(6)11-13-10(14-15-11)8(12)7-2-3-7/h4-5,7-8H,2-3,12H2,1H3. The van der Waals surface area contributed by atoms with Crippen LogP contribution in [0.3, 0.4) is 0 Å². The van der Waals surface area contributed by atoms with Gasteiger partial charge in [0.2, 0.25) is 0 Å². The lowest BCUT2D eigenvalue weighted by Crippen LogP contribution is -2.13. The zero-order chi connectivity index (χ0) is 11.1. The van der Waals surface area contributed by atoms with Gasteiger partial charge < -0.3 is 10.3 Å². The molecule has 2 heterocycles. The van der Waals surface area contributed by atoms with E-state index < -0.39 is 0 Å². The maximum absolute atomic E-state index is 6.02. The first-order valence-electron chi connectivity index (χ1n) is 5.39. The van der Waals surface area contributed by atoms with Crippen LogP contribution in [0.15, 0.2) is 16.0 Å². The highest BCUT2D eigenvalue weighted by molar-refractivity contribution is 7.13. The molecule has 0 saturated heterocycles. The highest BCUT2D eigenvalue weighted by Gasteiger charge is 2.32. The van der Waals surface area contributed by atoms with Gasteiger partial charge in [-0.25, -0.2) is 0 Å². The number of aromatic nitrogens is 2. The van der Waals surface area contributed by atoms with Gasteiger partial charge >= 0.3 is 0 Å². The maximum atomic E-state index is 6.02. The summed E-state index contributed by atoms with van der Waals surface area (Å²) >= 11 is 1.61. The second kappa shape index (κ2) is 3.68. The van der Waals surface area contributed by atoms with E-state index in [2.05, 4.69) is 10.1 Å². The number of rotatable bonds is 3. The molecule has 5 heteroatoms. The fourth-order valence-corrected chi connectivity index (χ4v) is 2.57. The molecule has 0 spiro atoms. The molecule has 1 unspecified atom stereocenters. The van der Waals surface area contributed by atoms with Gasteiger partial charge in [0.25, 0.3) is 5.89 Å². The van der Waals surface area contributed by atoms with E-state index in [0.29, 0.717) is 17.6 Å². The zero-order valence-corrected chi connectivity index (χ0v) is 9.83. The van der Waals surface area contributed by atoms with Crippen LogP contribution in [0.4, 0.5) is 0 Å². The van der Waals surface area contributed by atoms with Crippen LogP contribution in [0.5, 0.6) is 0 Å². The molecular formula is C11H13N3OS. The summed E-state index contributed by atoms with van der Waals surface area (Å²) in [5.74, 6) is 1.79. The Hall–Kier alpha value is -1.20. The van der Waals surface area contributed by atoms with Gasteiger partial charge in [-0.05, 0) is 42.7 Å². The third-order valence-corrected chi connectivity index (χ3v) is 3.93. The van der Waals surface area contributed by atoms with Crippen molar-refractivity contribution < 1.29 is 4.52 Å². The molecular weight excluding hydrogens is 222 g/mol. The molecule has 1 aliphatic rings. The van der Waals surface area contributed by atoms with Gasteiger partial charge in [0.05, 0.1) is 10.9 Å². The third kappa shape index (κ3) is 1.66. The number of nitrogens with zero attached hydrogens (tertiary/aromatic N) is 2. The van der Waals surface area contributed by atoms with Crippen molar-refractivity contribution in [3.8, 4) is 10.8 Å². The second-order valence-corrected chi connectivity index (χ2v) is 5.17. The molecule has 1 saturated carbocycles. The van der Waals surface area contributed by atoms with Crippen LogP contribution in [-0.4, -0.2) is 10.1 Å². The largest absolute Gasteiger partial charge is 0.333 e. The van der Waals surface area contributed by atoms with Crippen molar-refractivity contribution in [2.24, 2.45) is 11.7 Å². The number of hydrogen-bond acceptors (Lipinski definition) is 5. The summed E-state index contributed by atoms with van der Waals surface area (Å²) in [5.41, 5.74) is 7.19. The molecule has 84 valence electrons. The van der Waals surface area contributed by atoms with Crippen molar-refractivity contribution in [1.82, 2.24) is 10.1 Å². The van der Waals surface area contributed by atoms with Gasteiger partial charge in [0.15, 0.2) is 5.82 Å². The van der Waals surface area contributed by atoms with Crippen LogP contribution < -0.4 is 5.73 Å². The van der Waals surface area contributed by atoms with E-state index in [-0.39, 0.29) is 6.04 Å². The van der Waals surface area contributed by atoms with Crippen LogP contribution in [0, 0.1) is 12.8 Å². The van der Waals surface area contributed by atoms with Crippen molar-refractivity contribution >= 4 is 11.3 Å². The lowest BCUT2D eigenvalue weighted by Gasteiger charge is -2.01. The van der Waals surface area contributed by atoms with E-state index in [9.17, 15) is 0 Å². The SMILES string of the molecule is Cc1ccsc1-c1nc(C(N)C2CC2)no1. The molecule has 1 atom stereocenters. The molecule has 2 aromatic heterocycles. The average molecular weight is 235 g/mol. The first kappa shape index (κ1) is 9.99. The first-order chi connectivity index (χ1) is 7.75. The molecule has 3 rings (SSSR count). The van der Waals surface area contributed by atoms with E-state index in [1.54, 1.807) is 11.3 Å². The summed E-state index contributed by atoms with van der Waals surface area (Å²) in [5, 5.41) is 5.99. The van der Waals surface area contributed by atoms with Crippen molar-refractivity contribution in [2.75, 3.05) is 0 Å². The fraction of sp³-hybridized carbons (Fsp3) is 0.455. The normalized spacial score (nSPS) is 17.6. The quantitative estimate of drug-likeness (QED) is 0.887. The number of hydrogen-bond donors (Lipinski definition) is 1. The zero-order valence-electron chi connectivity index (χ0n) is 9.01. The molecule has 0 aliphatic heterocycles. The lowest BCUT2D eigenvalue weighted by molar-refractivity contribution is 0.412. The Morgan fingerprint density at radius 1 is 1.56 bits per heavy atom. The molecule has 2 N–H and O–H groups in total. The number of nitrogens with two attached hydrogens (primary N) is 1. The molecule has 1 aliphatic carbocycles. The smallest absolute Gasteiger partial charge is 0.268 e. The van der Waals surface area contributed by atoms with Gasteiger partial charge in [-0.3, -0.25) is 0 Å². The molecule has 0 bridgehead atoms. The minimum Gasteiger partial charge on any atom is -0.333 e. The summed E-state index contributed by atoms with van der Waals surface area (Å²) in [7, 11) is 0. The van der Waals surface area contributed by atoms with E-state index >= 15 is 0 Å². The lowest BCUT2D eigenvalue weighted by atomic mass is 10.2. The average Bonchev–Trinajstić information content (AvgIpc) is 2.86. The molecule has 0 aromatic carbocycles. The van der Waals surface area contributed by atoms with Crippen LogP contribution in [-0.2, 0) is 0 Å². The van der Waals surface area contributed by atoms with Crippen molar-refractivity contribution in [3.05, 3.63) is 22.8 Å². The Morgan fingerprint density at radius 3 is 3.00 bits per heavy atom. The third-order valence-electron chi connectivity index (χ3n) is 2.93. The summed E-state index contributed by atoms with van der Waals surface area (Å²) < 4.78 is 5.26. The molecule has 0 amide bonds. The van der Waals surface area contributed by atoms with Crippen LogP contribution in [0.2, 0.25) is 0 Å². The molecule has 4 nitrogen and oxygen atoms in total. The van der Waals surface area contributed by atoms with Crippen LogP contribution in [0.1, 0.15) is 30.3 Å². The van der Waals surface area contributed by atoms with E-state index in [1.807, 2.05) is 18.4 Å². The minimum atomic E-state index is -0.0576. The Kier molecular flexibility index (Phi) is 2.29. The predicted molar refractivity (Wildman–Crippen MR) is 62.0 cm³/mol. The Bertz CT molecular complexity index is 501. The number of aryl methyl sites for hydroxylation is 1. The van der Waals surface area contributed by atoms with E-state index in [1.165, 1.54) is 18.4 Å². The van der Waals surface area contributed by atoms with E-state index in [4.69, 9.17) is 10.3 Å². The number of thiophene rings is 1. The van der Waals surface area contributed by atoms with Crippen LogP contribution >= 0.6 is 11.3 Å². The summed E-state index contributed by atoms with van der Waals surface area (Å²) in [6, 6.07) is 1.99. The topological polar surface area (TPSA) is 64.9 Å². The van der Waals surface area contributed by atoms with Crippen molar-refractivity contribution in [3.63, 3.8) is 0 Å². The molecule has 16 heavy (non-hydrogen) atoms. The Morgan fingerprint density at radius 2 is 2.38 bits per heavy atom.